The van der Waals surface area contributed by atoms with E-state index in [1.807, 2.05) is 31.2 Å². The van der Waals surface area contributed by atoms with E-state index in [1.54, 1.807) is 0 Å². The number of methoxy groups -OCH3 is 1. The number of rotatable bonds is 1. The summed E-state index contributed by atoms with van der Waals surface area (Å²) in [5, 5.41) is 0. The van der Waals surface area contributed by atoms with Crippen LogP contribution in [0.15, 0.2) is 24.3 Å². The fourth-order valence-electron chi connectivity index (χ4n) is 0.587. The molecule has 12 heavy (non-hydrogen) atoms. The average Bonchev–Trinajstić information content (AvgIpc) is 2.11. The van der Waals surface area contributed by atoms with Crippen molar-refractivity contribution < 1.29 is 9.53 Å². The summed E-state index contributed by atoms with van der Waals surface area (Å²) in [6.07, 6.45) is 0. The van der Waals surface area contributed by atoms with Crippen molar-refractivity contribution in [2.75, 3.05) is 12.8 Å². The van der Waals surface area contributed by atoms with Gasteiger partial charge < -0.3 is 10.5 Å². The number of benzene rings is 1. The molecule has 0 heterocycles. The van der Waals surface area contributed by atoms with E-state index in [1.165, 1.54) is 7.11 Å². The van der Waals surface area contributed by atoms with Crippen LogP contribution in [-0.4, -0.2) is 13.6 Å². The molecule has 0 aliphatic heterocycles. The summed E-state index contributed by atoms with van der Waals surface area (Å²) in [7, 11) is 1.31. The maximum absolute atomic E-state index is 8.95. The largest absolute Gasteiger partial charge is 0.471 e. The number of hydrogen-bond donors (Lipinski definition) is 1. The lowest BCUT2D eigenvalue weighted by Crippen LogP contribution is -1.85. The number of nitrogen functional groups attached to an aromatic ring is 1. The number of aryl methyl sites for hydroxylation is 1. The predicted octanol–water partition coefficient (Wildman–Crippen LogP) is 1.37. The van der Waals surface area contributed by atoms with Crippen LogP contribution >= 0.6 is 0 Å². The van der Waals surface area contributed by atoms with Crippen LogP contribution in [-0.2, 0) is 9.53 Å². The van der Waals surface area contributed by atoms with E-state index in [0.29, 0.717) is 6.47 Å². The SMILES string of the molecule is COC=O.Cc1ccccc1N. The Bertz CT molecular complexity index is 215. The molecule has 2 N–H and O–H groups in total. The van der Waals surface area contributed by atoms with Crippen molar-refractivity contribution >= 4 is 12.2 Å². The molecule has 0 atom stereocenters. The summed E-state index contributed by atoms with van der Waals surface area (Å²) in [5.41, 5.74) is 7.53. The van der Waals surface area contributed by atoms with Gasteiger partial charge in [-0.25, -0.2) is 0 Å². The Kier molecular flexibility index (Phi) is 5.43. The number of nitrogens with two attached hydrogens (primary N) is 1. The molecule has 1 rings (SSSR count). The van der Waals surface area contributed by atoms with Crippen molar-refractivity contribution in [3.8, 4) is 0 Å². The fourth-order valence-corrected chi connectivity index (χ4v) is 0.587. The van der Waals surface area contributed by atoms with Gasteiger partial charge in [0.25, 0.3) is 6.47 Å². The van der Waals surface area contributed by atoms with Crippen molar-refractivity contribution in [2.45, 2.75) is 6.92 Å². The third kappa shape index (κ3) is 4.33. The zero-order chi connectivity index (χ0) is 9.40. The van der Waals surface area contributed by atoms with Crippen molar-refractivity contribution in [3.05, 3.63) is 29.8 Å². The number of carbonyl (C=O) groups excluding carboxylic acids is 1. The summed E-state index contributed by atoms with van der Waals surface area (Å²) in [5.74, 6) is 0. The van der Waals surface area contributed by atoms with Gasteiger partial charge in [0.15, 0.2) is 0 Å². The van der Waals surface area contributed by atoms with Gasteiger partial charge in [0.05, 0.1) is 7.11 Å². The number of ether oxygens (including phenoxy) is 1. The predicted molar refractivity (Wildman–Crippen MR) is 48.7 cm³/mol. The van der Waals surface area contributed by atoms with E-state index in [-0.39, 0.29) is 0 Å². The molecule has 1 aromatic carbocycles. The van der Waals surface area contributed by atoms with Gasteiger partial charge in [-0.2, -0.15) is 0 Å². The first-order valence-electron chi connectivity index (χ1n) is 3.50. The molecule has 0 fully saturated rings. The standard InChI is InChI=1S/C7H9N.C2H4O2/c1-6-4-2-3-5-7(6)8;1-4-2-3/h2-5H,8H2,1H3;2H,1H3. The molecule has 3 heteroatoms. The molecule has 0 saturated heterocycles. The zero-order valence-corrected chi connectivity index (χ0v) is 7.28. The lowest BCUT2D eigenvalue weighted by molar-refractivity contribution is -0.126. The molecule has 0 unspecified atom stereocenters. The van der Waals surface area contributed by atoms with Gasteiger partial charge in [0.2, 0.25) is 0 Å². The van der Waals surface area contributed by atoms with E-state index in [4.69, 9.17) is 10.5 Å². The van der Waals surface area contributed by atoms with Crippen molar-refractivity contribution in [1.29, 1.82) is 0 Å². The molecule has 0 aliphatic carbocycles. The second kappa shape index (κ2) is 6.22. The maximum atomic E-state index is 8.95. The third-order valence-electron chi connectivity index (χ3n) is 1.28. The van der Waals surface area contributed by atoms with Crippen LogP contribution in [0.2, 0.25) is 0 Å². The third-order valence-corrected chi connectivity index (χ3v) is 1.28. The Hall–Kier alpha value is -1.51. The minimum Gasteiger partial charge on any atom is -0.471 e. The molecular weight excluding hydrogens is 154 g/mol. The van der Waals surface area contributed by atoms with E-state index in [0.717, 1.165) is 11.3 Å². The van der Waals surface area contributed by atoms with Gasteiger partial charge >= 0.3 is 0 Å². The lowest BCUT2D eigenvalue weighted by Gasteiger charge is -1.93. The van der Waals surface area contributed by atoms with Gasteiger partial charge in [0.1, 0.15) is 0 Å². The maximum Gasteiger partial charge on any atom is 0.292 e. The number of carbonyl (C=O) groups is 1. The van der Waals surface area contributed by atoms with E-state index in [2.05, 4.69) is 4.74 Å². The molecule has 1 aromatic rings. The van der Waals surface area contributed by atoms with Crippen molar-refractivity contribution in [1.82, 2.24) is 0 Å². The molecular formula is C9H13NO2. The molecule has 0 amide bonds. The summed E-state index contributed by atoms with van der Waals surface area (Å²) >= 11 is 0. The highest BCUT2D eigenvalue weighted by molar-refractivity contribution is 5.44. The smallest absolute Gasteiger partial charge is 0.292 e. The van der Waals surface area contributed by atoms with E-state index >= 15 is 0 Å². The number of hydrogen-bond acceptors (Lipinski definition) is 3. The first kappa shape index (κ1) is 10.5. The molecule has 0 bridgehead atoms. The Morgan fingerprint density at radius 1 is 1.42 bits per heavy atom. The second-order valence-corrected chi connectivity index (χ2v) is 2.19. The van der Waals surface area contributed by atoms with Crippen LogP contribution in [0, 0.1) is 6.92 Å². The van der Waals surface area contributed by atoms with Crippen LogP contribution in [0.25, 0.3) is 0 Å². The zero-order valence-electron chi connectivity index (χ0n) is 7.28. The minimum absolute atomic E-state index is 0.375. The Morgan fingerprint density at radius 2 is 1.92 bits per heavy atom. The summed E-state index contributed by atoms with van der Waals surface area (Å²) in [6.45, 7) is 2.37. The molecule has 0 radical (unpaired) electrons. The van der Waals surface area contributed by atoms with Crippen LogP contribution < -0.4 is 5.73 Å². The molecule has 0 saturated carbocycles. The second-order valence-electron chi connectivity index (χ2n) is 2.19. The Labute approximate surface area is 72.1 Å². The van der Waals surface area contributed by atoms with Gasteiger partial charge in [-0.3, -0.25) is 4.79 Å². The van der Waals surface area contributed by atoms with Crippen LogP contribution in [0.3, 0.4) is 0 Å². The van der Waals surface area contributed by atoms with Gasteiger partial charge in [0, 0.05) is 5.69 Å². The highest BCUT2D eigenvalue weighted by atomic mass is 16.5. The fraction of sp³-hybridized carbons (Fsp3) is 0.222. The van der Waals surface area contributed by atoms with Crippen LogP contribution in [0.1, 0.15) is 5.56 Å². The highest BCUT2D eigenvalue weighted by Gasteiger charge is 1.84. The monoisotopic (exact) mass is 167 g/mol. The molecule has 3 nitrogen and oxygen atoms in total. The van der Waals surface area contributed by atoms with Gasteiger partial charge in [-0.05, 0) is 18.6 Å². The Balaban J connectivity index is 0.000000261. The average molecular weight is 167 g/mol. The molecule has 66 valence electrons. The van der Waals surface area contributed by atoms with Crippen molar-refractivity contribution in [2.24, 2.45) is 0 Å². The van der Waals surface area contributed by atoms with E-state index in [9.17, 15) is 0 Å². The summed E-state index contributed by atoms with van der Waals surface area (Å²) in [6, 6.07) is 7.80. The normalized spacial score (nSPS) is 7.83. The minimum atomic E-state index is 0.375. The molecule has 0 aromatic heterocycles. The topological polar surface area (TPSA) is 52.3 Å². The van der Waals surface area contributed by atoms with Crippen LogP contribution in [0.5, 0.6) is 0 Å². The van der Waals surface area contributed by atoms with Gasteiger partial charge in [-0.15, -0.1) is 0 Å². The summed E-state index contributed by atoms with van der Waals surface area (Å²) < 4.78 is 3.86. The summed E-state index contributed by atoms with van der Waals surface area (Å²) in [4.78, 5) is 8.95. The van der Waals surface area contributed by atoms with Gasteiger partial charge in [-0.1, -0.05) is 18.2 Å². The Morgan fingerprint density at radius 3 is 2.17 bits per heavy atom. The van der Waals surface area contributed by atoms with Crippen molar-refractivity contribution in [3.63, 3.8) is 0 Å². The lowest BCUT2D eigenvalue weighted by atomic mass is 10.2. The number of para-hydroxylation sites is 1. The quantitative estimate of drug-likeness (QED) is 0.507. The first-order valence-corrected chi connectivity index (χ1v) is 3.50. The molecule has 0 aliphatic rings. The highest BCUT2D eigenvalue weighted by Crippen LogP contribution is 2.06. The molecule has 0 spiro atoms. The first-order chi connectivity index (χ1) is 5.72. The van der Waals surface area contributed by atoms with E-state index < -0.39 is 0 Å². The number of anilines is 1. The van der Waals surface area contributed by atoms with Crippen LogP contribution in [0.4, 0.5) is 5.69 Å².